The van der Waals surface area contributed by atoms with Gasteiger partial charge in [0.25, 0.3) is 0 Å². The molecule has 23 heavy (non-hydrogen) atoms. The number of rotatable bonds is 10. The van der Waals surface area contributed by atoms with E-state index >= 15 is 0 Å². The summed E-state index contributed by atoms with van der Waals surface area (Å²) in [4.78, 5) is 0. The molecule has 0 atom stereocenters. The molecule has 124 valence electrons. The van der Waals surface area contributed by atoms with Crippen molar-refractivity contribution < 1.29 is 9.47 Å². The van der Waals surface area contributed by atoms with Crippen LogP contribution in [-0.4, -0.2) is 13.2 Å². The van der Waals surface area contributed by atoms with Crippen LogP contribution in [0.4, 0.5) is 0 Å². The lowest BCUT2D eigenvalue weighted by atomic mass is 10.1. The first kappa shape index (κ1) is 17.4. The minimum atomic E-state index is 0.782. The van der Waals surface area contributed by atoms with Crippen LogP contribution >= 0.6 is 0 Å². The highest BCUT2D eigenvalue weighted by Crippen LogP contribution is 2.26. The molecular weight excluding hydrogens is 284 g/mol. The van der Waals surface area contributed by atoms with Crippen molar-refractivity contribution in [3.8, 4) is 22.6 Å². The Labute approximate surface area is 140 Å². The van der Waals surface area contributed by atoms with E-state index in [1.165, 1.54) is 24.0 Å². The lowest BCUT2D eigenvalue weighted by molar-refractivity contribution is 0.306. The fourth-order valence-corrected chi connectivity index (χ4v) is 2.39. The Morgan fingerprint density at radius 2 is 1.35 bits per heavy atom. The van der Waals surface area contributed by atoms with Crippen LogP contribution in [0.2, 0.25) is 0 Å². The molecule has 0 amide bonds. The number of unbranched alkanes of at least 4 members (excludes halogenated alkanes) is 3. The van der Waals surface area contributed by atoms with Gasteiger partial charge in [0.1, 0.15) is 11.5 Å². The summed E-state index contributed by atoms with van der Waals surface area (Å²) >= 11 is 0. The first-order valence-corrected chi connectivity index (χ1v) is 8.79. The molecular formula is C21H28O2. The van der Waals surface area contributed by atoms with E-state index in [2.05, 4.69) is 38.1 Å². The Morgan fingerprint density at radius 3 is 2.09 bits per heavy atom. The molecule has 0 aliphatic heterocycles. The number of hydrogen-bond donors (Lipinski definition) is 0. The fraction of sp³-hybridized carbons (Fsp3) is 0.429. The first-order valence-electron chi connectivity index (χ1n) is 8.79. The molecule has 2 heteroatoms. The van der Waals surface area contributed by atoms with Gasteiger partial charge in [-0.3, -0.25) is 0 Å². The van der Waals surface area contributed by atoms with Gasteiger partial charge in [-0.1, -0.05) is 57.4 Å². The summed E-state index contributed by atoms with van der Waals surface area (Å²) in [6, 6.07) is 16.6. The molecule has 0 N–H and O–H groups in total. The zero-order chi connectivity index (χ0) is 16.3. The predicted molar refractivity (Wildman–Crippen MR) is 97.3 cm³/mol. The van der Waals surface area contributed by atoms with Crippen LogP contribution in [-0.2, 0) is 0 Å². The molecule has 0 unspecified atom stereocenters. The zero-order valence-electron chi connectivity index (χ0n) is 14.4. The van der Waals surface area contributed by atoms with Crippen molar-refractivity contribution in [3.63, 3.8) is 0 Å². The average molecular weight is 312 g/mol. The van der Waals surface area contributed by atoms with Crippen LogP contribution < -0.4 is 9.47 Å². The monoisotopic (exact) mass is 312 g/mol. The lowest BCUT2D eigenvalue weighted by Gasteiger charge is -2.09. The average Bonchev–Trinajstić information content (AvgIpc) is 2.60. The van der Waals surface area contributed by atoms with Crippen LogP contribution in [0.25, 0.3) is 11.1 Å². The van der Waals surface area contributed by atoms with Crippen molar-refractivity contribution >= 4 is 0 Å². The molecule has 0 aromatic heterocycles. The van der Waals surface area contributed by atoms with Crippen molar-refractivity contribution in [2.24, 2.45) is 0 Å². The van der Waals surface area contributed by atoms with E-state index < -0.39 is 0 Å². The van der Waals surface area contributed by atoms with Crippen LogP contribution in [0.1, 0.15) is 46.0 Å². The Hall–Kier alpha value is -1.96. The van der Waals surface area contributed by atoms with Gasteiger partial charge in [0, 0.05) is 0 Å². The fourth-order valence-electron chi connectivity index (χ4n) is 2.39. The van der Waals surface area contributed by atoms with Gasteiger partial charge in [0.15, 0.2) is 0 Å². The summed E-state index contributed by atoms with van der Waals surface area (Å²) in [5.41, 5.74) is 2.36. The molecule has 2 nitrogen and oxygen atoms in total. The molecule has 0 saturated heterocycles. The highest BCUT2D eigenvalue weighted by Gasteiger charge is 2.01. The van der Waals surface area contributed by atoms with Crippen LogP contribution in [0.5, 0.6) is 11.5 Å². The van der Waals surface area contributed by atoms with Crippen molar-refractivity contribution in [3.05, 3.63) is 48.5 Å². The molecule has 2 aromatic carbocycles. The van der Waals surface area contributed by atoms with Crippen LogP contribution in [0, 0.1) is 0 Å². The van der Waals surface area contributed by atoms with Gasteiger partial charge < -0.3 is 9.47 Å². The highest BCUT2D eigenvalue weighted by molar-refractivity contribution is 5.65. The molecule has 0 aliphatic carbocycles. The van der Waals surface area contributed by atoms with Crippen LogP contribution in [0.3, 0.4) is 0 Å². The molecule has 0 saturated carbocycles. The van der Waals surface area contributed by atoms with Gasteiger partial charge >= 0.3 is 0 Å². The van der Waals surface area contributed by atoms with Crippen molar-refractivity contribution in [2.75, 3.05) is 13.2 Å². The quantitative estimate of drug-likeness (QED) is 0.493. The molecule has 2 rings (SSSR count). The topological polar surface area (TPSA) is 18.5 Å². The van der Waals surface area contributed by atoms with Crippen molar-refractivity contribution in [1.82, 2.24) is 0 Å². The number of hydrogen-bond acceptors (Lipinski definition) is 2. The summed E-state index contributed by atoms with van der Waals surface area (Å²) in [6.07, 6.45) is 5.81. The summed E-state index contributed by atoms with van der Waals surface area (Å²) in [6.45, 7) is 5.96. The minimum absolute atomic E-state index is 0.782. The second-order valence-corrected chi connectivity index (χ2v) is 5.81. The largest absolute Gasteiger partial charge is 0.494 e. The van der Waals surface area contributed by atoms with E-state index in [-0.39, 0.29) is 0 Å². The molecule has 0 bridgehead atoms. The van der Waals surface area contributed by atoms with Gasteiger partial charge in [0.2, 0.25) is 0 Å². The maximum atomic E-state index is 5.78. The van der Waals surface area contributed by atoms with Crippen LogP contribution in [0.15, 0.2) is 48.5 Å². The van der Waals surface area contributed by atoms with E-state index in [9.17, 15) is 0 Å². The van der Waals surface area contributed by atoms with Crippen molar-refractivity contribution in [1.29, 1.82) is 0 Å². The Bertz CT molecular complexity index is 560. The third kappa shape index (κ3) is 5.97. The standard InChI is InChI=1S/C21H28O2/c1-3-5-7-16-22-20-13-11-18(12-14-20)19-9-8-10-21(17-19)23-15-6-4-2/h8-14,17H,3-7,15-16H2,1-2H3. The van der Waals surface area contributed by atoms with E-state index in [4.69, 9.17) is 9.47 Å². The maximum Gasteiger partial charge on any atom is 0.119 e. The molecule has 0 fully saturated rings. The summed E-state index contributed by atoms with van der Waals surface area (Å²) < 4.78 is 11.5. The summed E-state index contributed by atoms with van der Waals surface area (Å²) in [7, 11) is 0. The van der Waals surface area contributed by atoms with Crippen molar-refractivity contribution in [2.45, 2.75) is 46.0 Å². The van der Waals surface area contributed by atoms with Gasteiger partial charge in [-0.05, 0) is 48.2 Å². The second kappa shape index (κ2) is 9.94. The van der Waals surface area contributed by atoms with E-state index in [1.54, 1.807) is 0 Å². The van der Waals surface area contributed by atoms with Gasteiger partial charge in [-0.25, -0.2) is 0 Å². The lowest BCUT2D eigenvalue weighted by Crippen LogP contribution is -1.97. The summed E-state index contributed by atoms with van der Waals surface area (Å²) in [5, 5.41) is 0. The zero-order valence-corrected chi connectivity index (χ0v) is 14.4. The Kier molecular flexibility index (Phi) is 7.51. The third-order valence-electron chi connectivity index (χ3n) is 3.80. The van der Waals surface area contributed by atoms with E-state index in [1.807, 2.05) is 24.3 Å². The molecule has 0 radical (unpaired) electrons. The van der Waals surface area contributed by atoms with E-state index in [0.29, 0.717) is 0 Å². The third-order valence-corrected chi connectivity index (χ3v) is 3.80. The SMILES string of the molecule is CCCCCOc1ccc(-c2cccc(OCCCC)c2)cc1. The maximum absolute atomic E-state index is 5.78. The summed E-state index contributed by atoms with van der Waals surface area (Å²) in [5.74, 6) is 1.89. The highest BCUT2D eigenvalue weighted by atomic mass is 16.5. The molecule has 0 aliphatic rings. The first-order chi connectivity index (χ1) is 11.3. The number of benzene rings is 2. The second-order valence-electron chi connectivity index (χ2n) is 5.81. The smallest absolute Gasteiger partial charge is 0.119 e. The van der Waals surface area contributed by atoms with Gasteiger partial charge in [-0.15, -0.1) is 0 Å². The molecule has 0 spiro atoms. The Balaban J connectivity index is 1.94. The number of ether oxygens (including phenoxy) is 2. The normalized spacial score (nSPS) is 10.5. The van der Waals surface area contributed by atoms with E-state index in [0.717, 1.165) is 44.0 Å². The molecule has 0 heterocycles. The Morgan fingerprint density at radius 1 is 0.652 bits per heavy atom. The molecule has 2 aromatic rings. The predicted octanol–water partition coefficient (Wildman–Crippen LogP) is 6.10. The van der Waals surface area contributed by atoms with Gasteiger partial charge in [0.05, 0.1) is 13.2 Å². The minimum Gasteiger partial charge on any atom is -0.494 e. The van der Waals surface area contributed by atoms with Gasteiger partial charge in [-0.2, -0.15) is 0 Å².